The van der Waals surface area contributed by atoms with E-state index in [2.05, 4.69) is 9.97 Å². The van der Waals surface area contributed by atoms with Crippen LogP contribution in [0.2, 0.25) is 0 Å². The van der Waals surface area contributed by atoms with Crippen molar-refractivity contribution in [2.24, 2.45) is 0 Å². The molecule has 0 bridgehead atoms. The molecule has 0 aliphatic carbocycles. The SMILES string of the molecule is Cc1ccc2cccc(O)c2n1.Cc1ccc2cccc(O)c2n1.Oc1cccc2ccccc12.[Al]. The molecule has 4 aromatic carbocycles. The zero-order valence-corrected chi connectivity index (χ0v) is 21.3. The summed E-state index contributed by atoms with van der Waals surface area (Å²) in [6, 6.07) is 31.9. The van der Waals surface area contributed by atoms with Gasteiger partial charge in [0.1, 0.15) is 28.3 Å². The third-order valence-electron chi connectivity index (χ3n) is 5.44. The van der Waals surface area contributed by atoms with Gasteiger partial charge in [-0.2, -0.15) is 0 Å². The van der Waals surface area contributed by atoms with Gasteiger partial charge < -0.3 is 15.3 Å². The molecule has 0 unspecified atom stereocenters. The molecule has 0 fully saturated rings. The molecule has 0 aliphatic heterocycles. The number of phenols is 3. The first kappa shape index (κ1) is 26.5. The topological polar surface area (TPSA) is 86.5 Å². The van der Waals surface area contributed by atoms with Crippen LogP contribution in [0.25, 0.3) is 32.6 Å². The largest absolute Gasteiger partial charge is 0.507 e. The number of aryl methyl sites for hydroxylation is 2. The van der Waals surface area contributed by atoms with Gasteiger partial charge in [-0.15, -0.1) is 0 Å². The lowest BCUT2D eigenvalue weighted by Gasteiger charge is -1.99. The molecular formula is C30H26AlN2O3. The van der Waals surface area contributed by atoms with Crippen LogP contribution in [0.3, 0.4) is 0 Å². The third-order valence-corrected chi connectivity index (χ3v) is 5.44. The molecular weight excluding hydrogens is 463 g/mol. The van der Waals surface area contributed by atoms with Crippen LogP contribution < -0.4 is 0 Å². The zero-order valence-electron chi connectivity index (χ0n) is 20.1. The van der Waals surface area contributed by atoms with Crippen LogP contribution in [0.4, 0.5) is 0 Å². The van der Waals surface area contributed by atoms with E-state index in [9.17, 15) is 15.3 Å². The highest BCUT2D eigenvalue weighted by atomic mass is 27.0. The van der Waals surface area contributed by atoms with E-state index >= 15 is 0 Å². The summed E-state index contributed by atoms with van der Waals surface area (Å²) >= 11 is 0. The summed E-state index contributed by atoms with van der Waals surface area (Å²) in [5.74, 6) is 0.843. The van der Waals surface area contributed by atoms with Crippen LogP contribution >= 0.6 is 0 Å². The van der Waals surface area contributed by atoms with Gasteiger partial charge in [-0.3, -0.25) is 0 Å². The molecule has 2 aromatic heterocycles. The van der Waals surface area contributed by atoms with E-state index in [0.29, 0.717) is 16.8 Å². The van der Waals surface area contributed by atoms with Gasteiger partial charge in [0.05, 0.1) is 0 Å². The van der Waals surface area contributed by atoms with Crippen molar-refractivity contribution in [3.8, 4) is 17.2 Å². The van der Waals surface area contributed by atoms with Gasteiger partial charge in [-0.25, -0.2) is 9.97 Å². The Labute approximate surface area is 220 Å². The van der Waals surface area contributed by atoms with E-state index in [1.54, 1.807) is 18.2 Å². The average molecular weight is 490 g/mol. The molecule has 177 valence electrons. The molecule has 5 nitrogen and oxygen atoms in total. The molecule has 3 radical (unpaired) electrons. The second kappa shape index (κ2) is 12.0. The molecule has 0 saturated carbocycles. The Bertz CT molecular complexity index is 1530. The zero-order chi connectivity index (χ0) is 24.8. The van der Waals surface area contributed by atoms with Gasteiger partial charge in [0.25, 0.3) is 0 Å². The van der Waals surface area contributed by atoms with Crippen molar-refractivity contribution >= 4 is 49.9 Å². The van der Waals surface area contributed by atoms with Crippen LogP contribution in [-0.2, 0) is 0 Å². The number of benzene rings is 4. The maximum atomic E-state index is 9.43. The van der Waals surface area contributed by atoms with Crippen molar-refractivity contribution in [1.82, 2.24) is 9.97 Å². The van der Waals surface area contributed by atoms with Crippen molar-refractivity contribution in [1.29, 1.82) is 0 Å². The summed E-state index contributed by atoms with van der Waals surface area (Å²) in [5, 5.41) is 32.2. The van der Waals surface area contributed by atoms with Crippen molar-refractivity contribution in [2.75, 3.05) is 0 Å². The summed E-state index contributed by atoms with van der Waals surface area (Å²) in [6.07, 6.45) is 0. The Morgan fingerprint density at radius 3 is 1.36 bits per heavy atom. The highest BCUT2D eigenvalue weighted by Crippen LogP contribution is 2.24. The minimum atomic E-state index is 0. The van der Waals surface area contributed by atoms with Crippen LogP contribution in [-0.4, -0.2) is 42.6 Å². The number of fused-ring (bicyclic) bond motifs is 3. The highest BCUT2D eigenvalue weighted by Gasteiger charge is 2.00. The summed E-state index contributed by atoms with van der Waals surface area (Å²) in [7, 11) is 0. The molecule has 0 spiro atoms. The van der Waals surface area contributed by atoms with Crippen molar-refractivity contribution in [3.63, 3.8) is 0 Å². The van der Waals surface area contributed by atoms with Gasteiger partial charge in [-0.05, 0) is 49.6 Å². The van der Waals surface area contributed by atoms with Crippen LogP contribution in [0.1, 0.15) is 11.4 Å². The second-order valence-electron chi connectivity index (χ2n) is 8.10. The van der Waals surface area contributed by atoms with Gasteiger partial charge in [0.2, 0.25) is 0 Å². The van der Waals surface area contributed by atoms with E-state index < -0.39 is 0 Å². The highest BCUT2D eigenvalue weighted by molar-refractivity contribution is 5.88. The fraction of sp³-hybridized carbons (Fsp3) is 0.0667. The van der Waals surface area contributed by atoms with Crippen molar-refractivity contribution in [2.45, 2.75) is 13.8 Å². The first-order valence-electron chi connectivity index (χ1n) is 11.2. The summed E-state index contributed by atoms with van der Waals surface area (Å²) in [4.78, 5) is 8.45. The molecule has 36 heavy (non-hydrogen) atoms. The predicted octanol–water partition coefficient (Wildman–Crippen LogP) is 6.66. The molecule has 0 amide bonds. The van der Waals surface area contributed by atoms with Gasteiger partial charge >= 0.3 is 0 Å². The molecule has 2 heterocycles. The number of para-hydroxylation sites is 2. The Morgan fingerprint density at radius 1 is 0.444 bits per heavy atom. The predicted molar refractivity (Wildman–Crippen MR) is 148 cm³/mol. The maximum absolute atomic E-state index is 9.43. The number of nitrogens with zero attached hydrogens (tertiary/aromatic N) is 2. The number of phenolic OH excluding ortho intramolecular Hbond substituents is 3. The normalized spacial score (nSPS) is 10.1. The van der Waals surface area contributed by atoms with E-state index in [-0.39, 0.29) is 28.9 Å². The molecule has 0 aliphatic rings. The van der Waals surface area contributed by atoms with Crippen molar-refractivity contribution in [3.05, 3.63) is 115 Å². The summed E-state index contributed by atoms with van der Waals surface area (Å²) in [5.41, 5.74) is 3.20. The van der Waals surface area contributed by atoms with Crippen LogP contribution in [0, 0.1) is 13.8 Å². The maximum Gasteiger partial charge on any atom is 0.141 e. The van der Waals surface area contributed by atoms with Gasteiger partial charge in [0, 0.05) is 44.9 Å². The van der Waals surface area contributed by atoms with Crippen LogP contribution in [0.15, 0.2) is 103 Å². The lowest BCUT2D eigenvalue weighted by Crippen LogP contribution is -1.82. The molecule has 0 atom stereocenters. The Balaban J connectivity index is 0.000000149. The van der Waals surface area contributed by atoms with E-state index in [1.165, 1.54) is 0 Å². The van der Waals surface area contributed by atoms with E-state index in [4.69, 9.17) is 0 Å². The monoisotopic (exact) mass is 489 g/mol. The third kappa shape index (κ3) is 6.31. The Kier molecular flexibility index (Phi) is 8.86. The average Bonchev–Trinajstić information content (AvgIpc) is 2.86. The Hall–Kier alpha value is -4.11. The van der Waals surface area contributed by atoms with Crippen molar-refractivity contribution < 1.29 is 15.3 Å². The second-order valence-corrected chi connectivity index (χ2v) is 8.10. The number of pyridine rings is 2. The van der Waals surface area contributed by atoms with E-state index in [0.717, 1.165) is 32.9 Å². The quantitative estimate of drug-likeness (QED) is 0.208. The number of aromatic hydroxyl groups is 3. The summed E-state index contributed by atoms with van der Waals surface area (Å²) in [6.45, 7) is 3.82. The fourth-order valence-electron chi connectivity index (χ4n) is 3.67. The minimum absolute atomic E-state index is 0. The number of hydrogen-bond acceptors (Lipinski definition) is 5. The summed E-state index contributed by atoms with van der Waals surface area (Å²) < 4.78 is 0. The lowest BCUT2D eigenvalue weighted by atomic mass is 10.1. The van der Waals surface area contributed by atoms with Crippen LogP contribution in [0.5, 0.6) is 17.2 Å². The minimum Gasteiger partial charge on any atom is -0.507 e. The molecule has 3 N–H and O–H groups in total. The number of hydrogen-bond donors (Lipinski definition) is 3. The molecule has 6 aromatic rings. The lowest BCUT2D eigenvalue weighted by molar-refractivity contribution is 0.480. The first-order valence-corrected chi connectivity index (χ1v) is 11.2. The molecule has 0 saturated heterocycles. The smallest absolute Gasteiger partial charge is 0.141 e. The molecule has 6 rings (SSSR count). The standard InChI is InChI=1S/2C10H9NO.C10H8O.Al/c2*1-7-5-6-8-3-2-4-9(12)10(8)11-7;11-10-7-3-5-8-4-1-2-6-9(8)10;/h2*2-6,12H,1H3;1-7,11H;. The number of rotatable bonds is 0. The van der Waals surface area contributed by atoms with Gasteiger partial charge in [0.15, 0.2) is 0 Å². The van der Waals surface area contributed by atoms with E-state index in [1.807, 2.05) is 98.8 Å². The fourth-order valence-corrected chi connectivity index (χ4v) is 3.67. The van der Waals surface area contributed by atoms with Gasteiger partial charge in [-0.1, -0.05) is 72.8 Å². The first-order chi connectivity index (χ1) is 16.9. The number of aromatic nitrogens is 2. The Morgan fingerprint density at radius 2 is 0.861 bits per heavy atom. The molecule has 6 heteroatoms.